The van der Waals surface area contributed by atoms with Crippen LogP contribution in [0.5, 0.6) is 0 Å². The van der Waals surface area contributed by atoms with Crippen LogP contribution in [0, 0.1) is 17.8 Å². The lowest BCUT2D eigenvalue weighted by atomic mass is 9.99. The van der Waals surface area contributed by atoms with Crippen LogP contribution in [0.25, 0.3) is 0 Å². The van der Waals surface area contributed by atoms with Crippen molar-refractivity contribution in [1.82, 2.24) is 0 Å². The zero-order chi connectivity index (χ0) is 74.4. The maximum absolute atomic E-state index is 13.1. The molecule has 0 saturated carbocycles. The lowest BCUT2D eigenvalue weighted by Crippen LogP contribution is -2.30. The molecule has 0 aromatic rings. The zero-order valence-corrected chi connectivity index (χ0v) is 68.2. The molecular weight excluding hydrogens is 1320 g/mol. The average molecular weight is 1480 g/mol. The highest BCUT2D eigenvalue weighted by Gasteiger charge is 2.30. The minimum atomic E-state index is -4.96. The molecule has 0 saturated heterocycles. The molecule has 4 unspecified atom stereocenters. The molecule has 0 rings (SSSR count). The van der Waals surface area contributed by atoms with Crippen LogP contribution >= 0.6 is 15.6 Å². The number of unbranched alkanes of at least 4 members (excludes halogenated alkanes) is 46. The van der Waals surface area contributed by atoms with Gasteiger partial charge in [0.2, 0.25) is 0 Å². The van der Waals surface area contributed by atoms with Crippen molar-refractivity contribution in [2.24, 2.45) is 17.8 Å². The Kier molecular flexibility index (Phi) is 70.9. The van der Waals surface area contributed by atoms with Gasteiger partial charge in [-0.3, -0.25) is 37.3 Å². The van der Waals surface area contributed by atoms with Crippen LogP contribution in [0.1, 0.15) is 427 Å². The Labute approximate surface area is 619 Å². The smallest absolute Gasteiger partial charge is 0.462 e. The van der Waals surface area contributed by atoms with E-state index >= 15 is 0 Å². The molecule has 0 heterocycles. The first-order chi connectivity index (χ1) is 48.8. The summed E-state index contributed by atoms with van der Waals surface area (Å²) in [5.41, 5.74) is 0. The number of esters is 4. The van der Waals surface area contributed by atoms with E-state index in [9.17, 15) is 43.2 Å². The fraction of sp³-hybridized carbons (Fsp3) is 0.951. The first-order valence-corrected chi connectivity index (χ1v) is 45.4. The molecule has 600 valence electrons. The third-order valence-electron chi connectivity index (χ3n) is 19.9. The minimum Gasteiger partial charge on any atom is -0.462 e. The van der Waals surface area contributed by atoms with Gasteiger partial charge in [-0.2, -0.15) is 0 Å². The number of rotatable bonds is 80. The van der Waals surface area contributed by atoms with Crippen LogP contribution in [-0.2, 0) is 65.4 Å². The van der Waals surface area contributed by atoms with Gasteiger partial charge < -0.3 is 33.8 Å². The molecule has 101 heavy (non-hydrogen) atoms. The van der Waals surface area contributed by atoms with Gasteiger partial charge >= 0.3 is 39.5 Å². The maximum atomic E-state index is 13.1. The van der Waals surface area contributed by atoms with Gasteiger partial charge in [-0.25, -0.2) is 9.13 Å². The molecule has 0 aromatic carbocycles. The van der Waals surface area contributed by atoms with E-state index in [0.717, 1.165) is 108 Å². The van der Waals surface area contributed by atoms with Gasteiger partial charge in [-0.05, 0) is 43.4 Å². The van der Waals surface area contributed by atoms with Gasteiger partial charge in [-0.15, -0.1) is 0 Å². The molecule has 0 aromatic heterocycles. The van der Waals surface area contributed by atoms with Gasteiger partial charge in [0.1, 0.15) is 19.3 Å². The van der Waals surface area contributed by atoms with Crippen molar-refractivity contribution in [3.8, 4) is 0 Å². The monoisotopic (exact) mass is 1480 g/mol. The molecule has 0 bridgehead atoms. The summed E-state index contributed by atoms with van der Waals surface area (Å²) >= 11 is 0. The van der Waals surface area contributed by atoms with Crippen molar-refractivity contribution < 1.29 is 80.2 Å². The minimum absolute atomic E-state index is 0.107. The van der Waals surface area contributed by atoms with Gasteiger partial charge in [0.25, 0.3) is 0 Å². The first kappa shape index (κ1) is 99.1. The number of phosphoric ester groups is 2. The Morgan fingerprint density at radius 3 is 0.752 bits per heavy atom. The van der Waals surface area contributed by atoms with E-state index < -0.39 is 97.5 Å². The highest BCUT2D eigenvalue weighted by atomic mass is 31.2. The molecule has 0 aliphatic rings. The predicted molar refractivity (Wildman–Crippen MR) is 414 cm³/mol. The molecule has 0 radical (unpaired) electrons. The summed E-state index contributed by atoms with van der Waals surface area (Å²) in [6.07, 6.45) is 60.7. The fourth-order valence-corrected chi connectivity index (χ4v) is 14.2. The molecule has 0 amide bonds. The van der Waals surface area contributed by atoms with Crippen LogP contribution in [-0.4, -0.2) is 96.7 Å². The summed E-state index contributed by atoms with van der Waals surface area (Å²) in [5, 5.41) is 10.7. The largest absolute Gasteiger partial charge is 0.472 e. The number of aliphatic hydroxyl groups is 1. The van der Waals surface area contributed by atoms with Crippen molar-refractivity contribution in [2.45, 2.75) is 446 Å². The molecule has 19 heteroatoms. The number of phosphoric acid groups is 2. The third kappa shape index (κ3) is 73.4. The highest BCUT2D eigenvalue weighted by molar-refractivity contribution is 7.47. The molecule has 3 N–H and O–H groups in total. The Morgan fingerprint density at radius 1 is 0.287 bits per heavy atom. The van der Waals surface area contributed by atoms with Gasteiger partial charge in [0, 0.05) is 25.7 Å². The second kappa shape index (κ2) is 72.3. The first-order valence-electron chi connectivity index (χ1n) is 42.4. The fourth-order valence-electron chi connectivity index (χ4n) is 12.6. The van der Waals surface area contributed by atoms with E-state index in [1.165, 1.54) is 238 Å². The number of carbonyl (C=O) groups excluding carboxylic acids is 4. The van der Waals surface area contributed by atoms with E-state index in [-0.39, 0.29) is 25.7 Å². The summed E-state index contributed by atoms with van der Waals surface area (Å²) < 4.78 is 68.8. The van der Waals surface area contributed by atoms with Crippen molar-refractivity contribution in [2.75, 3.05) is 39.6 Å². The second-order valence-electron chi connectivity index (χ2n) is 30.5. The summed E-state index contributed by atoms with van der Waals surface area (Å²) in [7, 11) is -9.92. The predicted octanol–water partition coefficient (Wildman–Crippen LogP) is 24.5. The Hall–Kier alpha value is -1.94. The number of aliphatic hydroxyl groups excluding tert-OH is 1. The Morgan fingerprint density at radius 2 is 0.505 bits per heavy atom. The Bertz CT molecular complexity index is 1960. The molecule has 7 atom stereocenters. The van der Waals surface area contributed by atoms with Gasteiger partial charge in [0.05, 0.1) is 26.4 Å². The second-order valence-corrected chi connectivity index (χ2v) is 33.4. The SMILES string of the molecule is CCCCCCCCCCCCCCCC(=O)OC[C@H](COP(=O)(O)OC[C@H](O)COP(=O)(O)OC[C@@H](COC(=O)CCCCCCCCCCCCCCCC(C)C)OC(=O)CCCCCCCCCCCCCCCCC(C)CC)OC(=O)CCCCCCCCCCCCC(C)CC. The van der Waals surface area contributed by atoms with Crippen LogP contribution in [0.3, 0.4) is 0 Å². The number of ether oxygens (including phenoxy) is 4. The quantitative estimate of drug-likeness (QED) is 0.0222. The summed E-state index contributed by atoms with van der Waals surface area (Å²) in [6.45, 7) is 12.1. The van der Waals surface area contributed by atoms with Crippen molar-refractivity contribution in [3.63, 3.8) is 0 Å². The summed E-state index contributed by atoms with van der Waals surface area (Å²) in [4.78, 5) is 73.1. The summed E-state index contributed by atoms with van der Waals surface area (Å²) in [6, 6.07) is 0. The molecule has 0 aliphatic heterocycles. The Balaban J connectivity index is 5.28. The molecule has 0 spiro atoms. The van der Waals surface area contributed by atoms with E-state index in [0.29, 0.717) is 25.7 Å². The van der Waals surface area contributed by atoms with E-state index in [2.05, 4.69) is 48.5 Å². The molecule has 0 aliphatic carbocycles. The topological polar surface area (TPSA) is 237 Å². The van der Waals surface area contributed by atoms with Crippen LogP contribution in [0.15, 0.2) is 0 Å². The number of hydrogen-bond acceptors (Lipinski definition) is 15. The zero-order valence-electron chi connectivity index (χ0n) is 66.4. The highest BCUT2D eigenvalue weighted by Crippen LogP contribution is 2.45. The van der Waals surface area contributed by atoms with Crippen molar-refractivity contribution in [1.29, 1.82) is 0 Å². The van der Waals surface area contributed by atoms with Crippen LogP contribution < -0.4 is 0 Å². The van der Waals surface area contributed by atoms with E-state index in [1.54, 1.807) is 0 Å². The van der Waals surface area contributed by atoms with Crippen molar-refractivity contribution >= 4 is 39.5 Å². The average Bonchev–Trinajstić information content (AvgIpc) is 1.01. The molecular formula is C82H160O17P2. The van der Waals surface area contributed by atoms with Gasteiger partial charge in [-0.1, -0.05) is 376 Å². The number of hydrogen-bond donors (Lipinski definition) is 3. The van der Waals surface area contributed by atoms with E-state index in [4.69, 9.17) is 37.0 Å². The van der Waals surface area contributed by atoms with Crippen LogP contribution in [0.4, 0.5) is 0 Å². The normalized spacial score (nSPS) is 14.5. The number of carbonyl (C=O) groups is 4. The van der Waals surface area contributed by atoms with Crippen molar-refractivity contribution in [3.05, 3.63) is 0 Å². The summed E-state index contributed by atoms with van der Waals surface area (Å²) in [5.74, 6) is 0.333. The standard InChI is InChI=1S/C82H160O17P2/c1-8-11-12-13-14-15-16-20-27-35-42-49-56-63-79(84)92-70-78(99-82(87)66-59-52-45-38-31-30-34-41-48-55-62-75(7)10-3)72-97-101(90,91)95-68-76(83)67-94-100(88,89)96-71-77(69-93-80(85)64-57-50-43-36-28-24-19-21-25-32-39-46-53-60-73(4)5)98-81(86)65-58-51-44-37-29-23-18-17-22-26-33-40-47-54-61-74(6)9-2/h73-78,83H,8-72H2,1-7H3,(H,88,89)(H,90,91)/t74?,75?,76-,77-,78-/m1/s1. The maximum Gasteiger partial charge on any atom is 0.472 e. The van der Waals surface area contributed by atoms with Gasteiger partial charge in [0.15, 0.2) is 12.2 Å². The molecule has 17 nitrogen and oxygen atoms in total. The third-order valence-corrected chi connectivity index (χ3v) is 21.8. The molecule has 0 fully saturated rings. The lowest BCUT2D eigenvalue weighted by molar-refractivity contribution is -0.161. The van der Waals surface area contributed by atoms with E-state index in [1.807, 2.05) is 0 Å². The lowest BCUT2D eigenvalue weighted by Gasteiger charge is -2.21. The van der Waals surface area contributed by atoms with Crippen LogP contribution in [0.2, 0.25) is 0 Å².